The van der Waals surface area contributed by atoms with Gasteiger partial charge in [-0.25, -0.2) is 0 Å². The monoisotopic (exact) mass is 728 g/mol. The molecule has 5 aromatic carbocycles. The highest BCUT2D eigenvalue weighted by Crippen LogP contribution is 2.39. The Bertz CT molecular complexity index is 1980. The van der Waals surface area contributed by atoms with E-state index < -0.39 is 12.3 Å². The van der Waals surface area contributed by atoms with Crippen molar-refractivity contribution < 1.29 is 29.3 Å². The van der Waals surface area contributed by atoms with Crippen molar-refractivity contribution in [2.75, 3.05) is 13.6 Å². The zero-order chi connectivity index (χ0) is 37.9. The van der Waals surface area contributed by atoms with Crippen LogP contribution in [0, 0.1) is 0 Å². The number of nitrogens with one attached hydrogen (secondary N) is 1. The van der Waals surface area contributed by atoms with Crippen LogP contribution in [0.25, 0.3) is 21.9 Å². The molecule has 3 N–H and O–H groups in total. The SMILES string of the molecule is CC(c1ccc2ccccc2c1)N(C)CC1CC(c2ccc(CO)cc2)OC(c2ccc(-c3ccccc3CNC(=O)CCCCCCC(=O)O)cc2)O1. The molecule has 4 atom stereocenters. The molecular formula is C46H52N2O6. The number of rotatable bonds is 17. The number of carbonyl (C=O) groups is 2. The predicted octanol–water partition coefficient (Wildman–Crippen LogP) is 9.28. The Morgan fingerprint density at radius 2 is 1.48 bits per heavy atom. The Labute approximate surface area is 318 Å². The van der Waals surface area contributed by atoms with E-state index in [-0.39, 0.29) is 37.2 Å². The lowest BCUT2D eigenvalue weighted by Gasteiger charge is -2.39. The van der Waals surface area contributed by atoms with E-state index in [0.717, 1.165) is 59.2 Å². The fraction of sp³-hybridized carbons (Fsp3) is 0.348. The van der Waals surface area contributed by atoms with Gasteiger partial charge in [0, 0.05) is 44.0 Å². The Balaban J connectivity index is 1.13. The molecule has 0 aliphatic carbocycles. The largest absolute Gasteiger partial charge is 0.481 e. The Morgan fingerprint density at radius 3 is 2.22 bits per heavy atom. The fourth-order valence-corrected chi connectivity index (χ4v) is 7.21. The molecule has 1 fully saturated rings. The number of nitrogens with zero attached hydrogens (tertiary/aromatic N) is 1. The number of ether oxygens (including phenoxy) is 2. The summed E-state index contributed by atoms with van der Waals surface area (Å²) in [7, 11) is 2.15. The molecule has 54 heavy (non-hydrogen) atoms. The number of aliphatic carboxylic acids is 1. The number of likely N-dealkylation sites (N-methyl/N-ethyl adjacent to an activating group) is 1. The third-order valence-electron chi connectivity index (χ3n) is 10.6. The van der Waals surface area contributed by atoms with E-state index in [9.17, 15) is 14.7 Å². The zero-order valence-corrected chi connectivity index (χ0v) is 31.3. The Morgan fingerprint density at radius 1 is 0.796 bits per heavy atom. The quantitative estimate of drug-likeness (QED) is 0.0820. The highest BCUT2D eigenvalue weighted by atomic mass is 16.7. The van der Waals surface area contributed by atoms with Crippen LogP contribution < -0.4 is 5.32 Å². The number of fused-ring (bicyclic) bond motifs is 1. The van der Waals surface area contributed by atoms with Crippen molar-refractivity contribution in [3.8, 4) is 11.1 Å². The molecule has 8 nitrogen and oxygen atoms in total. The highest BCUT2D eigenvalue weighted by molar-refractivity contribution is 5.83. The van der Waals surface area contributed by atoms with Crippen molar-refractivity contribution in [1.82, 2.24) is 10.2 Å². The average Bonchev–Trinajstić information content (AvgIpc) is 3.20. The Hall–Kier alpha value is -4.86. The fourth-order valence-electron chi connectivity index (χ4n) is 7.21. The highest BCUT2D eigenvalue weighted by Gasteiger charge is 2.33. The van der Waals surface area contributed by atoms with Crippen LogP contribution >= 0.6 is 0 Å². The van der Waals surface area contributed by atoms with E-state index in [1.807, 2.05) is 42.5 Å². The number of hydrogen-bond acceptors (Lipinski definition) is 6. The summed E-state index contributed by atoms with van der Waals surface area (Å²) in [4.78, 5) is 25.6. The van der Waals surface area contributed by atoms with Gasteiger partial charge < -0.3 is 25.0 Å². The number of carboxylic acid groups (broad SMARTS) is 1. The van der Waals surface area contributed by atoms with Crippen LogP contribution in [0.4, 0.5) is 0 Å². The maximum Gasteiger partial charge on any atom is 0.303 e. The summed E-state index contributed by atoms with van der Waals surface area (Å²) >= 11 is 0. The van der Waals surface area contributed by atoms with Crippen LogP contribution in [0.1, 0.15) is 98.1 Å². The van der Waals surface area contributed by atoms with Crippen LogP contribution in [0.3, 0.4) is 0 Å². The molecule has 4 unspecified atom stereocenters. The lowest BCUT2D eigenvalue weighted by atomic mass is 9.97. The number of unbranched alkanes of at least 4 members (excludes halogenated alkanes) is 3. The lowest BCUT2D eigenvalue weighted by Crippen LogP contribution is -2.38. The van der Waals surface area contributed by atoms with Crippen LogP contribution in [-0.2, 0) is 32.2 Å². The molecule has 5 aromatic rings. The van der Waals surface area contributed by atoms with Crippen molar-refractivity contribution >= 4 is 22.6 Å². The summed E-state index contributed by atoms with van der Waals surface area (Å²) in [6, 6.07) is 39.7. The summed E-state index contributed by atoms with van der Waals surface area (Å²) in [5.74, 6) is -0.778. The summed E-state index contributed by atoms with van der Waals surface area (Å²) in [6.45, 7) is 3.38. The molecule has 1 aliphatic heterocycles. The number of aliphatic hydroxyl groups is 1. The maximum absolute atomic E-state index is 12.6. The molecule has 0 radical (unpaired) electrons. The van der Waals surface area contributed by atoms with E-state index in [1.54, 1.807) is 0 Å². The minimum absolute atomic E-state index is 0.00241. The Kier molecular flexibility index (Phi) is 13.6. The molecule has 282 valence electrons. The smallest absolute Gasteiger partial charge is 0.303 e. The minimum Gasteiger partial charge on any atom is -0.481 e. The van der Waals surface area contributed by atoms with Gasteiger partial charge in [0.25, 0.3) is 0 Å². The van der Waals surface area contributed by atoms with E-state index in [4.69, 9.17) is 14.6 Å². The van der Waals surface area contributed by atoms with E-state index >= 15 is 0 Å². The van der Waals surface area contributed by atoms with E-state index in [2.05, 4.69) is 97.0 Å². The third-order valence-corrected chi connectivity index (χ3v) is 10.6. The number of aliphatic hydroxyl groups excluding tert-OH is 1. The second-order valence-electron chi connectivity index (χ2n) is 14.4. The van der Waals surface area contributed by atoms with Gasteiger partial charge in [-0.2, -0.15) is 0 Å². The predicted molar refractivity (Wildman–Crippen MR) is 212 cm³/mol. The second kappa shape index (κ2) is 18.9. The first kappa shape index (κ1) is 38.9. The molecule has 0 aromatic heterocycles. The average molecular weight is 729 g/mol. The van der Waals surface area contributed by atoms with Crippen LogP contribution in [0.5, 0.6) is 0 Å². The van der Waals surface area contributed by atoms with Crippen molar-refractivity contribution in [1.29, 1.82) is 0 Å². The molecule has 6 rings (SSSR count). The first-order chi connectivity index (χ1) is 26.3. The van der Waals surface area contributed by atoms with Gasteiger partial charge in [-0.05, 0) is 77.0 Å². The van der Waals surface area contributed by atoms with Crippen LogP contribution in [0.2, 0.25) is 0 Å². The molecule has 1 heterocycles. The van der Waals surface area contributed by atoms with Crippen LogP contribution in [-0.4, -0.2) is 46.7 Å². The van der Waals surface area contributed by atoms with Gasteiger partial charge in [0.2, 0.25) is 5.91 Å². The summed E-state index contributed by atoms with van der Waals surface area (Å²) in [5, 5.41) is 24.0. The number of carbonyl (C=O) groups excluding carboxylic acids is 1. The van der Waals surface area contributed by atoms with Crippen molar-refractivity contribution in [2.24, 2.45) is 0 Å². The molecule has 0 bridgehead atoms. The number of amides is 1. The molecule has 8 heteroatoms. The van der Waals surface area contributed by atoms with Crippen molar-refractivity contribution in [3.05, 3.63) is 143 Å². The van der Waals surface area contributed by atoms with Crippen molar-refractivity contribution in [3.63, 3.8) is 0 Å². The van der Waals surface area contributed by atoms with E-state index in [0.29, 0.717) is 25.8 Å². The first-order valence-corrected chi connectivity index (χ1v) is 19.1. The molecule has 1 amide bonds. The summed E-state index contributed by atoms with van der Waals surface area (Å²) in [5.41, 5.74) is 7.23. The van der Waals surface area contributed by atoms with Gasteiger partial charge in [0.1, 0.15) is 0 Å². The summed E-state index contributed by atoms with van der Waals surface area (Å²) in [6.07, 6.45) is 3.52. The molecule has 0 saturated carbocycles. The number of carboxylic acids is 1. The van der Waals surface area contributed by atoms with Gasteiger partial charge in [0.15, 0.2) is 6.29 Å². The van der Waals surface area contributed by atoms with Gasteiger partial charge in [-0.1, -0.05) is 122 Å². The van der Waals surface area contributed by atoms with Crippen LogP contribution in [0.15, 0.2) is 115 Å². The number of hydrogen-bond donors (Lipinski definition) is 3. The first-order valence-electron chi connectivity index (χ1n) is 19.1. The van der Waals surface area contributed by atoms with Crippen molar-refractivity contribution in [2.45, 2.75) is 89.6 Å². The molecule has 1 saturated heterocycles. The maximum atomic E-state index is 12.6. The second-order valence-corrected chi connectivity index (χ2v) is 14.4. The standard InChI is InChI=1S/C46H52N2O6/c1-32(38-26-21-34-11-7-8-12-39(34)27-38)48(2)30-41-28-43(36-19-17-33(31-49)18-20-36)54-46(53-41)37-24-22-35(23-25-37)42-14-10-9-13-40(42)29-47-44(50)15-5-3-4-6-16-45(51)52/h7-14,17-27,32,41,43,46,49H,3-6,15-16,28-31H2,1-2H3,(H,47,50)(H,51,52). The minimum atomic E-state index is -0.775. The molecule has 1 aliphatic rings. The third kappa shape index (κ3) is 10.4. The molecular weight excluding hydrogens is 677 g/mol. The molecule has 0 spiro atoms. The van der Waals surface area contributed by atoms with E-state index in [1.165, 1.54) is 16.3 Å². The van der Waals surface area contributed by atoms with Gasteiger partial charge in [-0.15, -0.1) is 0 Å². The topological polar surface area (TPSA) is 108 Å². The van der Waals surface area contributed by atoms with Gasteiger partial charge >= 0.3 is 5.97 Å². The summed E-state index contributed by atoms with van der Waals surface area (Å²) < 4.78 is 13.4. The lowest BCUT2D eigenvalue weighted by molar-refractivity contribution is -0.253. The normalized spacial score (nSPS) is 17.7. The van der Waals surface area contributed by atoms with Gasteiger partial charge in [-0.3, -0.25) is 14.5 Å². The van der Waals surface area contributed by atoms with Gasteiger partial charge in [0.05, 0.1) is 18.8 Å². The zero-order valence-electron chi connectivity index (χ0n) is 31.3. The number of benzene rings is 5.